The van der Waals surface area contributed by atoms with E-state index in [1.807, 2.05) is 12.1 Å². The fourth-order valence-corrected chi connectivity index (χ4v) is 5.26. The number of carboxylic acid groups (broad SMARTS) is 1. The van der Waals surface area contributed by atoms with E-state index in [2.05, 4.69) is 9.88 Å². The summed E-state index contributed by atoms with van der Waals surface area (Å²) in [6.45, 7) is 2.29. The molecule has 4 unspecified atom stereocenters. The molecule has 6 nitrogen and oxygen atoms in total. The van der Waals surface area contributed by atoms with Crippen molar-refractivity contribution in [3.63, 3.8) is 0 Å². The van der Waals surface area contributed by atoms with Gasteiger partial charge in [0.25, 0.3) is 6.47 Å². The zero-order valence-corrected chi connectivity index (χ0v) is 13.4. The van der Waals surface area contributed by atoms with Crippen molar-refractivity contribution in [2.75, 3.05) is 19.7 Å². The number of nitrogens with zero attached hydrogens (tertiary/aromatic N) is 1. The van der Waals surface area contributed by atoms with Gasteiger partial charge in [-0.05, 0) is 42.5 Å². The Morgan fingerprint density at radius 3 is 2.88 bits per heavy atom. The first-order valence-corrected chi connectivity index (χ1v) is 8.44. The smallest absolute Gasteiger partial charge is 0.290 e. The van der Waals surface area contributed by atoms with Gasteiger partial charge >= 0.3 is 0 Å². The first kappa shape index (κ1) is 15.5. The summed E-state index contributed by atoms with van der Waals surface area (Å²) in [6.07, 6.45) is 2.23. The standard InChI is InChI=1S/C17H20N2O2.CH2O2/c20-8-14-9-5-13-16-11(3-4-19(7-9)17(13)14)12-6-10(21)1-2-15(12)18-16;2-1-3/h1-2,6,9,13-14,17-18,20-21H,3-5,7-8H2;1H,(H,2,3). The van der Waals surface area contributed by atoms with Gasteiger partial charge in [0.05, 0.1) is 0 Å². The number of hydrogen-bond donors (Lipinski definition) is 4. The predicted molar refractivity (Wildman–Crippen MR) is 89.1 cm³/mol. The van der Waals surface area contributed by atoms with E-state index in [4.69, 9.17) is 9.90 Å². The molecule has 2 aromatic rings. The fourth-order valence-electron chi connectivity index (χ4n) is 5.26. The Bertz CT molecular complexity index is 772. The van der Waals surface area contributed by atoms with Crippen LogP contribution in [0.3, 0.4) is 0 Å². The van der Waals surface area contributed by atoms with Crippen LogP contribution in [0.4, 0.5) is 0 Å². The van der Waals surface area contributed by atoms with E-state index < -0.39 is 0 Å². The maximum atomic E-state index is 9.79. The molecule has 0 amide bonds. The van der Waals surface area contributed by atoms with Crippen LogP contribution in [0.2, 0.25) is 0 Å². The van der Waals surface area contributed by atoms with Crippen molar-refractivity contribution in [1.82, 2.24) is 9.88 Å². The molecule has 1 aromatic heterocycles. The third-order valence-corrected chi connectivity index (χ3v) is 6.06. The molecular weight excluding hydrogens is 308 g/mol. The normalized spacial score (nSPS) is 30.5. The lowest BCUT2D eigenvalue weighted by atomic mass is 9.93. The molecule has 1 saturated carbocycles. The third kappa shape index (κ3) is 2.13. The lowest BCUT2D eigenvalue weighted by Crippen LogP contribution is -2.38. The fraction of sp³-hybridized carbons (Fsp3) is 0.500. The lowest BCUT2D eigenvalue weighted by Gasteiger charge is -2.31. The number of aromatic amines is 1. The quantitative estimate of drug-likeness (QED) is 0.595. The Morgan fingerprint density at radius 1 is 1.38 bits per heavy atom. The molecule has 6 heteroatoms. The molecule has 0 radical (unpaired) electrons. The topological polar surface area (TPSA) is 96.8 Å². The van der Waals surface area contributed by atoms with Crippen molar-refractivity contribution in [3.05, 3.63) is 29.5 Å². The average molecular weight is 330 g/mol. The van der Waals surface area contributed by atoms with Crippen molar-refractivity contribution in [3.8, 4) is 5.75 Å². The molecule has 2 aliphatic heterocycles. The van der Waals surface area contributed by atoms with E-state index >= 15 is 0 Å². The van der Waals surface area contributed by atoms with E-state index in [0.717, 1.165) is 25.0 Å². The summed E-state index contributed by atoms with van der Waals surface area (Å²) < 4.78 is 0. The van der Waals surface area contributed by atoms with E-state index in [1.54, 1.807) is 6.07 Å². The first-order chi connectivity index (χ1) is 11.7. The highest BCUT2D eigenvalue weighted by Crippen LogP contribution is 2.53. The van der Waals surface area contributed by atoms with E-state index in [-0.39, 0.29) is 6.47 Å². The minimum Gasteiger partial charge on any atom is -0.508 e. The number of piperidine rings is 1. The van der Waals surface area contributed by atoms with Crippen LogP contribution in [-0.2, 0) is 11.2 Å². The van der Waals surface area contributed by atoms with Gasteiger partial charge in [0.1, 0.15) is 5.75 Å². The number of phenolic OH excluding ortho intramolecular Hbond substituents is 1. The monoisotopic (exact) mass is 330 g/mol. The number of nitrogens with one attached hydrogen (secondary N) is 1. The number of phenols is 1. The summed E-state index contributed by atoms with van der Waals surface area (Å²) >= 11 is 0. The highest BCUT2D eigenvalue weighted by atomic mass is 16.3. The van der Waals surface area contributed by atoms with Gasteiger partial charge in [-0.3, -0.25) is 9.69 Å². The highest BCUT2D eigenvalue weighted by Gasteiger charge is 2.54. The van der Waals surface area contributed by atoms with Crippen molar-refractivity contribution in [2.45, 2.75) is 24.8 Å². The van der Waals surface area contributed by atoms with Gasteiger partial charge in [-0.15, -0.1) is 0 Å². The number of carbonyl (C=O) groups is 1. The Kier molecular flexibility index (Phi) is 3.73. The molecular formula is C18H22N2O4. The van der Waals surface area contributed by atoms with Crippen LogP contribution < -0.4 is 0 Å². The largest absolute Gasteiger partial charge is 0.508 e. The van der Waals surface area contributed by atoms with Crippen LogP contribution in [0.15, 0.2) is 18.2 Å². The van der Waals surface area contributed by atoms with Gasteiger partial charge < -0.3 is 20.3 Å². The molecule has 4 N–H and O–H groups in total. The van der Waals surface area contributed by atoms with E-state index in [9.17, 15) is 10.2 Å². The molecule has 2 fully saturated rings. The average Bonchev–Trinajstić information content (AvgIpc) is 3.19. The molecule has 2 bridgehead atoms. The molecule has 5 rings (SSSR count). The van der Waals surface area contributed by atoms with Crippen molar-refractivity contribution < 1.29 is 20.1 Å². The Labute approximate surface area is 139 Å². The maximum absolute atomic E-state index is 9.79. The third-order valence-electron chi connectivity index (χ3n) is 6.06. The molecule has 3 heterocycles. The van der Waals surface area contributed by atoms with Crippen molar-refractivity contribution in [2.24, 2.45) is 11.8 Å². The second-order valence-electron chi connectivity index (χ2n) is 7.04. The number of aliphatic hydroxyl groups excluding tert-OH is 1. The number of aliphatic hydroxyl groups is 1. The van der Waals surface area contributed by atoms with E-state index in [0.29, 0.717) is 36.2 Å². The number of aromatic nitrogens is 1. The number of H-pyrrole nitrogens is 1. The van der Waals surface area contributed by atoms with Crippen molar-refractivity contribution in [1.29, 1.82) is 0 Å². The first-order valence-electron chi connectivity index (χ1n) is 8.44. The van der Waals surface area contributed by atoms with Gasteiger partial charge in [-0.1, -0.05) is 0 Å². The summed E-state index contributed by atoms with van der Waals surface area (Å²) in [6, 6.07) is 6.13. The minimum absolute atomic E-state index is 0.250. The zero-order chi connectivity index (χ0) is 16.8. The molecule has 24 heavy (non-hydrogen) atoms. The van der Waals surface area contributed by atoms with Gasteiger partial charge in [-0.2, -0.15) is 0 Å². The van der Waals surface area contributed by atoms with Gasteiger partial charge in [0.2, 0.25) is 0 Å². The van der Waals surface area contributed by atoms with Crippen LogP contribution in [-0.4, -0.2) is 57.4 Å². The summed E-state index contributed by atoms with van der Waals surface area (Å²) in [5, 5.41) is 27.6. The van der Waals surface area contributed by atoms with Crippen LogP contribution in [0.1, 0.15) is 23.6 Å². The summed E-state index contributed by atoms with van der Waals surface area (Å²) in [5.74, 6) is 1.96. The SMILES string of the molecule is O=CO.OCC1C2CC3c4[nH]c5ccc(O)cc5c4CCN(C2)C31. The lowest BCUT2D eigenvalue weighted by molar-refractivity contribution is -0.122. The predicted octanol–water partition coefficient (Wildman–Crippen LogP) is 1.53. The van der Waals surface area contributed by atoms with Crippen LogP contribution in [0, 0.1) is 11.8 Å². The summed E-state index contributed by atoms with van der Waals surface area (Å²) in [7, 11) is 0. The van der Waals surface area contributed by atoms with Gasteiger partial charge in [-0.25, -0.2) is 0 Å². The van der Waals surface area contributed by atoms with Gasteiger partial charge in [0, 0.05) is 54.2 Å². The second kappa shape index (κ2) is 5.79. The summed E-state index contributed by atoms with van der Waals surface area (Å²) in [4.78, 5) is 14.6. The molecule has 0 spiro atoms. The zero-order valence-electron chi connectivity index (χ0n) is 13.4. The maximum Gasteiger partial charge on any atom is 0.290 e. The molecule has 3 aliphatic rings. The molecule has 4 atom stereocenters. The van der Waals surface area contributed by atoms with Crippen LogP contribution in [0.25, 0.3) is 10.9 Å². The number of benzene rings is 1. The Morgan fingerprint density at radius 2 is 2.17 bits per heavy atom. The van der Waals surface area contributed by atoms with Crippen molar-refractivity contribution >= 4 is 17.4 Å². The van der Waals surface area contributed by atoms with Crippen LogP contribution >= 0.6 is 0 Å². The summed E-state index contributed by atoms with van der Waals surface area (Å²) in [5.41, 5.74) is 3.89. The number of hydrogen-bond acceptors (Lipinski definition) is 4. The number of rotatable bonds is 1. The second-order valence-corrected chi connectivity index (χ2v) is 7.04. The minimum atomic E-state index is -0.250. The Hall–Kier alpha value is -2.05. The van der Waals surface area contributed by atoms with Crippen LogP contribution in [0.5, 0.6) is 5.75 Å². The number of aromatic hydroxyl groups is 1. The molecule has 1 aliphatic carbocycles. The highest BCUT2D eigenvalue weighted by molar-refractivity contribution is 5.86. The molecule has 128 valence electrons. The molecule has 1 aromatic carbocycles. The van der Waals surface area contributed by atoms with Gasteiger partial charge in [0.15, 0.2) is 0 Å². The number of fused-ring (bicyclic) bond motifs is 5. The Balaban J connectivity index is 0.000000455. The van der Waals surface area contributed by atoms with E-state index in [1.165, 1.54) is 23.1 Å². The molecule has 1 saturated heterocycles.